The summed E-state index contributed by atoms with van der Waals surface area (Å²) in [4.78, 5) is 42.5. The number of nitrogens with zero attached hydrogens (tertiary/aromatic N) is 1. The monoisotopic (exact) mass is 455 g/mol. The number of methoxy groups -OCH3 is 1. The lowest BCUT2D eigenvalue weighted by molar-refractivity contribution is -0.122. The van der Waals surface area contributed by atoms with Gasteiger partial charge in [-0.05, 0) is 62.8 Å². The maximum absolute atomic E-state index is 13.1. The Hall–Kier alpha value is -3.29. The highest BCUT2D eigenvalue weighted by Gasteiger charge is 2.29. The minimum atomic E-state index is -0.448. The highest BCUT2D eigenvalue weighted by Crippen LogP contribution is 2.25. The minimum absolute atomic E-state index is 0.0204. The van der Waals surface area contributed by atoms with Gasteiger partial charge in [-0.1, -0.05) is 12.1 Å². The summed E-state index contributed by atoms with van der Waals surface area (Å²) in [6.45, 7) is 7.25. The largest absolute Gasteiger partial charge is 0.497 e. The number of likely N-dealkylation sites (tertiary alicyclic amines) is 1. The highest BCUT2D eigenvalue weighted by molar-refractivity contribution is 6.01. The number of amides is 2. The molecule has 1 aromatic heterocycles. The Kier molecular flexibility index (Phi) is 8.14. The van der Waals surface area contributed by atoms with E-state index in [0.29, 0.717) is 48.6 Å². The van der Waals surface area contributed by atoms with E-state index < -0.39 is 5.97 Å². The van der Waals surface area contributed by atoms with Gasteiger partial charge >= 0.3 is 5.97 Å². The SMILES string of the molecule is CCOC(=O)c1[nH]c(C)c(C(=O)N2CCC(CC(=O)NCc3ccc(OC)cc3)CC2)c1C. The summed E-state index contributed by atoms with van der Waals surface area (Å²) in [7, 11) is 1.62. The fourth-order valence-corrected chi connectivity index (χ4v) is 4.25. The van der Waals surface area contributed by atoms with E-state index in [2.05, 4.69) is 10.3 Å². The van der Waals surface area contributed by atoms with Crippen molar-refractivity contribution in [3.8, 4) is 5.75 Å². The van der Waals surface area contributed by atoms with Gasteiger partial charge in [0.15, 0.2) is 0 Å². The molecule has 1 aromatic carbocycles. The number of nitrogens with one attached hydrogen (secondary N) is 2. The zero-order valence-corrected chi connectivity index (χ0v) is 19.8. The zero-order valence-electron chi connectivity index (χ0n) is 19.8. The predicted octanol–water partition coefficient (Wildman–Crippen LogP) is 3.38. The van der Waals surface area contributed by atoms with Gasteiger partial charge in [-0.3, -0.25) is 9.59 Å². The Morgan fingerprint density at radius 1 is 1.12 bits per heavy atom. The van der Waals surface area contributed by atoms with Crippen LogP contribution in [0.2, 0.25) is 0 Å². The number of esters is 1. The van der Waals surface area contributed by atoms with Gasteiger partial charge < -0.3 is 24.7 Å². The molecule has 2 aromatic rings. The molecule has 3 rings (SSSR count). The molecule has 2 heterocycles. The van der Waals surface area contributed by atoms with Gasteiger partial charge in [0.1, 0.15) is 11.4 Å². The van der Waals surface area contributed by atoms with Crippen molar-refractivity contribution < 1.29 is 23.9 Å². The molecule has 1 aliphatic rings. The van der Waals surface area contributed by atoms with Gasteiger partial charge in [0.25, 0.3) is 5.91 Å². The Bertz CT molecular complexity index is 988. The van der Waals surface area contributed by atoms with Crippen molar-refractivity contribution in [2.75, 3.05) is 26.8 Å². The van der Waals surface area contributed by atoms with Crippen molar-refractivity contribution in [2.24, 2.45) is 5.92 Å². The molecule has 0 unspecified atom stereocenters. The van der Waals surface area contributed by atoms with Crippen molar-refractivity contribution in [2.45, 2.75) is 46.6 Å². The summed E-state index contributed by atoms with van der Waals surface area (Å²) in [5, 5.41) is 2.97. The summed E-state index contributed by atoms with van der Waals surface area (Å²) < 4.78 is 10.2. The van der Waals surface area contributed by atoms with Crippen molar-refractivity contribution >= 4 is 17.8 Å². The van der Waals surface area contributed by atoms with Gasteiger partial charge in [0, 0.05) is 31.7 Å². The standard InChI is InChI=1S/C25H33N3O5/c1-5-33-25(31)23-16(2)22(17(3)27-23)24(30)28-12-10-18(11-13-28)14-21(29)26-15-19-6-8-20(32-4)9-7-19/h6-9,18,27H,5,10-15H2,1-4H3,(H,26,29). The van der Waals surface area contributed by atoms with Crippen LogP contribution in [0.5, 0.6) is 5.75 Å². The number of H-pyrrole nitrogens is 1. The number of aryl methyl sites for hydroxylation is 1. The average molecular weight is 456 g/mol. The molecule has 2 N–H and O–H groups in total. The number of benzene rings is 1. The van der Waals surface area contributed by atoms with Gasteiger partial charge in [-0.25, -0.2) is 4.79 Å². The van der Waals surface area contributed by atoms with Crippen molar-refractivity contribution in [1.29, 1.82) is 0 Å². The van der Waals surface area contributed by atoms with E-state index in [4.69, 9.17) is 9.47 Å². The van der Waals surface area contributed by atoms with Crippen LogP contribution in [0.3, 0.4) is 0 Å². The quantitative estimate of drug-likeness (QED) is 0.595. The molecule has 1 aliphatic heterocycles. The molecule has 178 valence electrons. The summed E-state index contributed by atoms with van der Waals surface area (Å²) >= 11 is 0. The first kappa shape index (κ1) is 24.4. The van der Waals surface area contributed by atoms with Crippen LogP contribution in [-0.2, 0) is 16.1 Å². The van der Waals surface area contributed by atoms with Crippen LogP contribution in [0.25, 0.3) is 0 Å². The average Bonchev–Trinajstić information content (AvgIpc) is 3.12. The van der Waals surface area contributed by atoms with E-state index in [1.807, 2.05) is 29.2 Å². The molecule has 0 saturated carbocycles. The van der Waals surface area contributed by atoms with E-state index in [-0.39, 0.29) is 24.3 Å². The van der Waals surface area contributed by atoms with Crippen molar-refractivity contribution in [3.05, 3.63) is 52.3 Å². The van der Waals surface area contributed by atoms with Crippen LogP contribution in [0.15, 0.2) is 24.3 Å². The second kappa shape index (κ2) is 11.0. The molecule has 8 heteroatoms. The predicted molar refractivity (Wildman–Crippen MR) is 124 cm³/mol. The number of hydrogen-bond acceptors (Lipinski definition) is 5. The van der Waals surface area contributed by atoms with Crippen LogP contribution in [-0.4, -0.2) is 54.5 Å². The fraction of sp³-hybridized carbons (Fsp3) is 0.480. The number of aromatic amines is 1. The molecule has 2 amide bonds. The maximum Gasteiger partial charge on any atom is 0.355 e. The summed E-state index contributed by atoms with van der Waals surface area (Å²) in [6.07, 6.45) is 2.00. The Balaban J connectivity index is 1.49. The lowest BCUT2D eigenvalue weighted by Crippen LogP contribution is -2.40. The Labute approximate surface area is 194 Å². The topological polar surface area (TPSA) is 101 Å². The maximum atomic E-state index is 13.1. The third-order valence-electron chi connectivity index (χ3n) is 6.16. The van der Waals surface area contributed by atoms with E-state index in [1.165, 1.54) is 0 Å². The van der Waals surface area contributed by atoms with Crippen LogP contribution in [0.1, 0.15) is 63.9 Å². The molecular formula is C25H33N3O5. The number of carbonyl (C=O) groups excluding carboxylic acids is 3. The zero-order chi connectivity index (χ0) is 24.0. The van der Waals surface area contributed by atoms with Crippen LogP contribution in [0, 0.1) is 19.8 Å². The molecular weight excluding hydrogens is 422 g/mol. The number of hydrogen-bond donors (Lipinski definition) is 2. The first-order valence-corrected chi connectivity index (χ1v) is 11.4. The fourth-order valence-electron chi connectivity index (χ4n) is 4.25. The van der Waals surface area contributed by atoms with Crippen LogP contribution < -0.4 is 10.1 Å². The van der Waals surface area contributed by atoms with Gasteiger partial charge in [0.2, 0.25) is 5.91 Å². The molecule has 0 aliphatic carbocycles. The third kappa shape index (κ3) is 5.94. The minimum Gasteiger partial charge on any atom is -0.497 e. The second-order valence-electron chi connectivity index (χ2n) is 8.41. The molecule has 8 nitrogen and oxygen atoms in total. The number of piperidine rings is 1. The third-order valence-corrected chi connectivity index (χ3v) is 6.16. The molecule has 0 spiro atoms. The first-order chi connectivity index (χ1) is 15.8. The van der Waals surface area contributed by atoms with E-state index >= 15 is 0 Å². The molecule has 1 fully saturated rings. The van der Waals surface area contributed by atoms with Crippen LogP contribution >= 0.6 is 0 Å². The second-order valence-corrected chi connectivity index (χ2v) is 8.41. The molecule has 0 bridgehead atoms. The normalized spacial score (nSPS) is 14.1. The number of rotatable bonds is 8. The molecule has 0 atom stereocenters. The van der Waals surface area contributed by atoms with Crippen LogP contribution in [0.4, 0.5) is 0 Å². The van der Waals surface area contributed by atoms with E-state index in [0.717, 1.165) is 24.2 Å². The molecule has 0 radical (unpaired) electrons. The molecule has 33 heavy (non-hydrogen) atoms. The van der Waals surface area contributed by atoms with Gasteiger partial charge in [0.05, 0.1) is 19.3 Å². The number of carbonyl (C=O) groups is 3. The lowest BCUT2D eigenvalue weighted by atomic mass is 9.92. The first-order valence-electron chi connectivity index (χ1n) is 11.4. The van der Waals surface area contributed by atoms with Crippen molar-refractivity contribution in [3.63, 3.8) is 0 Å². The summed E-state index contributed by atoms with van der Waals surface area (Å²) in [5.41, 5.74) is 3.18. The molecule has 1 saturated heterocycles. The van der Waals surface area contributed by atoms with E-state index in [1.54, 1.807) is 27.9 Å². The summed E-state index contributed by atoms with van der Waals surface area (Å²) in [6, 6.07) is 7.61. The van der Waals surface area contributed by atoms with Crippen molar-refractivity contribution in [1.82, 2.24) is 15.2 Å². The lowest BCUT2D eigenvalue weighted by Gasteiger charge is -2.32. The summed E-state index contributed by atoms with van der Waals surface area (Å²) in [5.74, 6) is 0.518. The Morgan fingerprint density at radius 2 is 1.79 bits per heavy atom. The van der Waals surface area contributed by atoms with Gasteiger partial charge in [-0.2, -0.15) is 0 Å². The smallest absolute Gasteiger partial charge is 0.355 e. The Morgan fingerprint density at radius 3 is 2.39 bits per heavy atom. The number of aromatic nitrogens is 1. The number of ether oxygens (including phenoxy) is 2. The highest BCUT2D eigenvalue weighted by atomic mass is 16.5. The van der Waals surface area contributed by atoms with E-state index in [9.17, 15) is 14.4 Å². The van der Waals surface area contributed by atoms with Gasteiger partial charge in [-0.15, -0.1) is 0 Å².